The molecule has 120 valence electrons. The highest BCUT2D eigenvalue weighted by Crippen LogP contribution is 2.44. The van der Waals surface area contributed by atoms with Crippen molar-refractivity contribution in [1.29, 1.82) is 0 Å². The standard InChI is InChI=1S/C17H25ClN2OSi/c1-11(2)22(12(3)4,13(5)6)20-8-7-14-15(10-21)16(18)9-19-17(14)20/h7-13H,1-6H3. The smallest absolute Gasteiger partial charge is 0.171 e. The molecule has 0 aliphatic rings. The zero-order valence-electron chi connectivity index (χ0n) is 14.2. The van der Waals surface area contributed by atoms with Crippen molar-refractivity contribution in [3.8, 4) is 0 Å². The minimum absolute atomic E-state index is 0.422. The Morgan fingerprint density at radius 2 is 1.68 bits per heavy atom. The highest BCUT2D eigenvalue weighted by molar-refractivity contribution is 6.82. The van der Waals surface area contributed by atoms with Crippen molar-refractivity contribution in [2.45, 2.75) is 58.2 Å². The van der Waals surface area contributed by atoms with Crippen LogP contribution in [-0.4, -0.2) is 23.7 Å². The Labute approximate surface area is 138 Å². The zero-order valence-corrected chi connectivity index (χ0v) is 16.0. The molecule has 0 N–H and O–H groups in total. The van der Waals surface area contributed by atoms with Crippen molar-refractivity contribution in [3.63, 3.8) is 0 Å². The van der Waals surface area contributed by atoms with Gasteiger partial charge in [-0.1, -0.05) is 53.1 Å². The third-order valence-corrected chi connectivity index (χ3v) is 12.1. The molecule has 0 spiro atoms. The van der Waals surface area contributed by atoms with Gasteiger partial charge in [0.15, 0.2) is 14.5 Å². The average Bonchev–Trinajstić information content (AvgIpc) is 2.82. The second kappa shape index (κ2) is 6.17. The Balaban J connectivity index is 2.85. The molecule has 3 nitrogen and oxygen atoms in total. The van der Waals surface area contributed by atoms with Gasteiger partial charge in [0, 0.05) is 17.1 Å². The van der Waals surface area contributed by atoms with E-state index in [-0.39, 0.29) is 0 Å². The highest BCUT2D eigenvalue weighted by Gasteiger charge is 2.46. The summed E-state index contributed by atoms with van der Waals surface area (Å²) in [6.07, 6.45) is 4.55. The quantitative estimate of drug-likeness (QED) is 0.531. The lowest BCUT2D eigenvalue weighted by atomic mass is 10.2. The predicted molar refractivity (Wildman–Crippen MR) is 96.6 cm³/mol. The summed E-state index contributed by atoms with van der Waals surface area (Å²) in [4.78, 5) is 16.0. The van der Waals surface area contributed by atoms with Crippen molar-refractivity contribution in [2.24, 2.45) is 0 Å². The molecule has 0 saturated carbocycles. The van der Waals surface area contributed by atoms with E-state index in [1.54, 1.807) is 6.20 Å². The summed E-state index contributed by atoms with van der Waals surface area (Å²) in [5.74, 6) is 0. The number of fused-ring (bicyclic) bond motifs is 1. The molecular formula is C17H25ClN2OSi. The lowest BCUT2D eigenvalue weighted by Crippen LogP contribution is -2.51. The van der Waals surface area contributed by atoms with Crippen molar-refractivity contribution >= 4 is 37.2 Å². The Morgan fingerprint density at radius 3 is 2.14 bits per heavy atom. The van der Waals surface area contributed by atoms with Gasteiger partial charge in [0.2, 0.25) is 0 Å². The van der Waals surface area contributed by atoms with Gasteiger partial charge in [-0.2, -0.15) is 0 Å². The van der Waals surface area contributed by atoms with Gasteiger partial charge in [-0.25, -0.2) is 4.98 Å². The van der Waals surface area contributed by atoms with Crippen molar-refractivity contribution in [2.75, 3.05) is 0 Å². The van der Waals surface area contributed by atoms with E-state index in [4.69, 9.17) is 11.6 Å². The monoisotopic (exact) mass is 336 g/mol. The summed E-state index contributed by atoms with van der Waals surface area (Å²) in [5, 5.41) is 1.28. The number of aromatic nitrogens is 2. The molecule has 22 heavy (non-hydrogen) atoms. The predicted octanol–water partition coefficient (Wildman–Crippen LogP) is 5.53. The number of halogens is 1. The van der Waals surface area contributed by atoms with E-state index in [0.717, 1.165) is 17.3 Å². The molecule has 0 atom stereocenters. The topological polar surface area (TPSA) is 34.9 Å². The van der Waals surface area contributed by atoms with Crippen molar-refractivity contribution < 1.29 is 4.79 Å². The van der Waals surface area contributed by atoms with Crippen LogP contribution in [0, 0.1) is 0 Å². The SMILES string of the molecule is CC(C)[Si](C(C)C)(C(C)C)n1ccc2c(C=O)c(Cl)cnc21. The van der Waals surface area contributed by atoms with Crippen molar-refractivity contribution in [3.05, 3.63) is 29.0 Å². The van der Waals surface area contributed by atoms with E-state index in [0.29, 0.717) is 27.2 Å². The van der Waals surface area contributed by atoms with Gasteiger partial charge in [0.1, 0.15) is 5.65 Å². The van der Waals surface area contributed by atoms with Gasteiger partial charge in [0.25, 0.3) is 0 Å². The minimum atomic E-state index is -1.87. The lowest BCUT2D eigenvalue weighted by molar-refractivity contribution is 0.112. The second-order valence-electron chi connectivity index (χ2n) is 6.91. The first kappa shape index (κ1) is 17.2. The van der Waals surface area contributed by atoms with Gasteiger partial charge < -0.3 is 4.23 Å². The highest BCUT2D eigenvalue weighted by atomic mass is 35.5. The maximum Gasteiger partial charge on any atom is 0.171 e. The first-order valence-corrected chi connectivity index (χ1v) is 10.4. The number of carbonyl (C=O) groups is 1. The van der Waals surface area contributed by atoms with Crippen LogP contribution < -0.4 is 0 Å². The van der Waals surface area contributed by atoms with Crippen LogP contribution in [-0.2, 0) is 0 Å². The molecule has 0 aliphatic carbocycles. The Kier molecular flexibility index (Phi) is 4.83. The van der Waals surface area contributed by atoms with Crippen molar-refractivity contribution in [1.82, 2.24) is 9.22 Å². The molecule has 0 amide bonds. The van der Waals surface area contributed by atoms with E-state index in [2.05, 4.69) is 57.0 Å². The van der Waals surface area contributed by atoms with Crippen LogP contribution in [0.5, 0.6) is 0 Å². The molecule has 2 rings (SSSR count). The largest absolute Gasteiger partial charge is 0.359 e. The van der Waals surface area contributed by atoms with Crippen LogP contribution in [0.3, 0.4) is 0 Å². The first-order valence-electron chi connectivity index (χ1n) is 7.89. The molecule has 0 aromatic carbocycles. The summed E-state index contributed by atoms with van der Waals surface area (Å²) in [5.41, 5.74) is 3.15. The number of carbonyl (C=O) groups excluding carboxylic acids is 1. The zero-order chi connectivity index (χ0) is 16.7. The van der Waals surface area contributed by atoms with Gasteiger partial charge in [0.05, 0.1) is 5.02 Å². The summed E-state index contributed by atoms with van der Waals surface area (Å²) >= 11 is 6.12. The third kappa shape index (κ3) is 2.33. The molecule has 0 unspecified atom stereocenters. The third-order valence-electron chi connectivity index (χ3n) is 5.02. The summed E-state index contributed by atoms with van der Waals surface area (Å²) < 4.78 is 2.39. The number of aldehydes is 1. The van der Waals surface area contributed by atoms with Gasteiger partial charge in [-0.3, -0.25) is 4.79 Å². The number of rotatable bonds is 5. The fourth-order valence-electron chi connectivity index (χ4n) is 4.35. The molecule has 5 heteroatoms. The molecule has 0 aliphatic heterocycles. The summed E-state index contributed by atoms with van der Waals surface area (Å²) in [7, 11) is -1.87. The van der Waals surface area contributed by atoms with Gasteiger partial charge >= 0.3 is 0 Å². The molecule has 0 radical (unpaired) electrons. The number of nitrogens with zero attached hydrogens (tertiary/aromatic N) is 2. The van der Waals surface area contributed by atoms with Crippen LogP contribution in [0.4, 0.5) is 0 Å². The molecule has 0 saturated heterocycles. The van der Waals surface area contributed by atoms with Crippen LogP contribution >= 0.6 is 11.6 Å². The summed E-state index contributed by atoms with van der Waals surface area (Å²) in [6, 6.07) is 1.99. The van der Waals surface area contributed by atoms with Crippen LogP contribution in [0.25, 0.3) is 11.0 Å². The van der Waals surface area contributed by atoms with Gasteiger partial charge in [-0.15, -0.1) is 0 Å². The molecule has 2 aromatic heterocycles. The van der Waals surface area contributed by atoms with E-state index in [1.165, 1.54) is 0 Å². The average molecular weight is 337 g/mol. The lowest BCUT2D eigenvalue weighted by Gasteiger charge is -2.44. The normalized spacial score (nSPS) is 12.8. The second-order valence-corrected chi connectivity index (χ2v) is 13.0. The minimum Gasteiger partial charge on any atom is -0.359 e. The maximum atomic E-state index is 11.4. The Hall–Kier alpha value is -1.13. The molecule has 2 heterocycles. The number of pyridine rings is 1. The Morgan fingerprint density at radius 1 is 1.14 bits per heavy atom. The molecule has 2 aromatic rings. The van der Waals surface area contributed by atoms with E-state index < -0.39 is 8.24 Å². The number of hydrogen-bond acceptors (Lipinski definition) is 2. The maximum absolute atomic E-state index is 11.4. The fourth-order valence-corrected chi connectivity index (χ4v) is 11.1. The summed E-state index contributed by atoms with van der Waals surface area (Å²) in [6.45, 7) is 13.9. The van der Waals surface area contributed by atoms with E-state index in [9.17, 15) is 4.79 Å². The van der Waals surface area contributed by atoms with Crippen LogP contribution in [0.1, 0.15) is 51.9 Å². The molecular weight excluding hydrogens is 312 g/mol. The first-order chi connectivity index (χ1) is 10.3. The molecule has 0 bridgehead atoms. The van der Waals surface area contributed by atoms with Crippen LogP contribution in [0.15, 0.2) is 18.5 Å². The molecule has 0 fully saturated rings. The number of hydrogen-bond donors (Lipinski definition) is 0. The van der Waals surface area contributed by atoms with Crippen LogP contribution in [0.2, 0.25) is 21.6 Å². The van der Waals surface area contributed by atoms with E-state index >= 15 is 0 Å². The fraction of sp³-hybridized carbons (Fsp3) is 0.529. The Bertz CT molecular complexity index is 669. The van der Waals surface area contributed by atoms with Gasteiger partial charge in [-0.05, 0) is 28.9 Å². The van der Waals surface area contributed by atoms with E-state index in [1.807, 2.05) is 6.07 Å².